The van der Waals surface area contributed by atoms with E-state index in [1.165, 1.54) is 10.6 Å². The minimum absolute atomic E-state index is 0.0563. The molecule has 0 aliphatic carbocycles. The van der Waals surface area contributed by atoms with Crippen LogP contribution in [0.1, 0.15) is 16.3 Å². The summed E-state index contributed by atoms with van der Waals surface area (Å²) in [6, 6.07) is 4.73. The van der Waals surface area contributed by atoms with Crippen LogP contribution in [0, 0.1) is 0 Å². The quantitative estimate of drug-likeness (QED) is 0.737. The van der Waals surface area contributed by atoms with Gasteiger partial charge in [0.15, 0.2) is 17.2 Å². The highest BCUT2D eigenvalue weighted by molar-refractivity contribution is 5.86. The van der Waals surface area contributed by atoms with Gasteiger partial charge in [-0.25, -0.2) is 14.3 Å². The predicted molar refractivity (Wildman–Crippen MR) is 50.7 cm³/mol. The number of aliphatic hydroxyl groups excluding tert-OH is 1. The third-order valence-corrected chi connectivity index (χ3v) is 1.96. The van der Waals surface area contributed by atoms with Crippen LogP contribution in [-0.4, -0.2) is 37.4 Å². The summed E-state index contributed by atoms with van der Waals surface area (Å²) >= 11 is 0. The van der Waals surface area contributed by atoms with Crippen molar-refractivity contribution in [3.63, 3.8) is 0 Å². The summed E-state index contributed by atoms with van der Waals surface area (Å²) in [5, 5.41) is 21.6. The molecular formula is C9H9N3O3. The molecule has 0 aliphatic rings. The van der Waals surface area contributed by atoms with E-state index in [1.54, 1.807) is 12.1 Å². The first-order chi connectivity index (χ1) is 7.22. The minimum Gasteiger partial charge on any atom is -0.477 e. The zero-order valence-electron chi connectivity index (χ0n) is 7.79. The van der Waals surface area contributed by atoms with Gasteiger partial charge in [-0.3, -0.25) is 0 Å². The number of carboxylic acids is 1. The Balaban J connectivity index is 2.59. The zero-order chi connectivity index (χ0) is 10.8. The van der Waals surface area contributed by atoms with Crippen LogP contribution in [0.15, 0.2) is 18.2 Å². The van der Waals surface area contributed by atoms with Crippen molar-refractivity contribution in [1.82, 2.24) is 14.6 Å². The molecule has 0 saturated heterocycles. The molecule has 0 amide bonds. The van der Waals surface area contributed by atoms with Gasteiger partial charge in [0.05, 0.1) is 6.61 Å². The molecular weight excluding hydrogens is 198 g/mol. The van der Waals surface area contributed by atoms with E-state index in [1.807, 2.05) is 0 Å². The van der Waals surface area contributed by atoms with Gasteiger partial charge < -0.3 is 10.2 Å². The second kappa shape index (κ2) is 3.66. The van der Waals surface area contributed by atoms with Crippen molar-refractivity contribution in [2.75, 3.05) is 6.61 Å². The number of aromatic nitrogens is 3. The number of nitrogens with zero attached hydrogens (tertiary/aromatic N) is 3. The Morgan fingerprint density at radius 3 is 2.93 bits per heavy atom. The molecule has 0 fully saturated rings. The molecule has 0 radical (unpaired) electrons. The van der Waals surface area contributed by atoms with E-state index in [0.717, 1.165) is 0 Å². The molecule has 78 valence electrons. The molecule has 0 saturated carbocycles. The number of aromatic carboxylic acids is 1. The molecule has 2 rings (SSSR count). The lowest BCUT2D eigenvalue weighted by Gasteiger charge is -1.96. The first-order valence-corrected chi connectivity index (χ1v) is 4.41. The lowest BCUT2D eigenvalue weighted by molar-refractivity contribution is 0.0687. The molecule has 6 nitrogen and oxygen atoms in total. The second-order valence-corrected chi connectivity index (χ2v) is 2.99. The number of rotatable bonds is 3. The molecule has 2 aromatic heterocycles. The van der Waals surface area contributed by atoms with Crippen molar-refractivity contribution in [3.8, 4) is 0 Å². The van der Waals surface area contributed by atoms with E-state index in [9.17, 15) is 4.79 Å². The van der Waals surface area contributed by atoms with Crippen LogP contribution in [0.4, 0.5) is 0 Å². The average molecular weight is 207 g/mol. The Kier molecular flexibility index (Phi) is 2.34. The molecule has 6 heteroatoms. The number of aliphatic hydroxyl groups is 1. The number of hydrogen-bond acceptors (Lipinski definition) is 4. The van der Waals surface area contributed by atoms with Crippen molar-refractivity contribution >= 4 is 11.6 Å². The van der Waals surface area contributed by atoms with Gasteiger partial charge in [-0.2, -0.15) is 5.10 Å². The average Bonchev–Trinajstić information content (AvgIpc) is 2.59. The maximum absolute atomic E-state index is 10.8. The van der Waals surface area contributed by atoms with Gasteiger partial charge in [0.1, 0.15) is 0 Å². The lowest BCUT2D eigenvalue weighted by atomic mass is 10.3. The third kappa shape index (κ3) is 1.66. The smallest absolute Gasteiger partial charge is 0.354 e. The second-order valence-electron chi connectivity index (χ2n) is 2.99. The van der Waals surface area contributed by atoms with E-state index in [4.69, 9.17) is 10.2 Å². The van der Waals surface area contributed by atoms with Crippen LogP contribution >= 0.6 is 0 Å². The molecule has 2 N–H and O–H groups in total. The SMILES string of the molecule is O=C(O)c1cccc2nc(CCO)nn12. The van der Waals surface area contributed by atoms with Gasteiger partial charge in [-0.1, -0.05) is 6.07 Å². The van der Waals surface area contributed by atoms with Crippen LogP contribution < -0.4 is 0 Å². The van der Waals surface area contributed by atoms with Gasteiger partial charge in [0, 0.05) is 6.42 Å². The summed E-state index contributed by atoms with van der Waals surface area (Å²) in [5.74, 6) is -0.618. The summed E-state index contributed by atoms with van der Waals surface area (Å²) < 4.78 is 1.26. The largest absolute Gasteiger partial charge is 0.477 e. The number of fused-ring (bicyclic) bond motifs is 1. The van der Waals surface area contributed by atoms with Gasteiger partial charge in [0.25, 0.3) is 0 Å². The summed E-state index contributed by atoms with van der Waals surface area (Å²) in [4.78, 5) is 14.9. The van der Waals surface area contributed by atoms with Crippen molar-refractivity contribution in [1.29, 1.82) is 0 Å². The summed E-state index contributed by atoms with van der Waals surface area (Å²) in [7, 11) is 0. The number of carboxylic acid groups (broad SMARTS) is 1. The lowest BCUT2D eigenvalue weighted by Crippen LogP contribution is -2.06. The number of pyridine rings is 1. The highest BCUT2D eigenvalue weighted by Crippen LogP contribution is 2.06. The van der Waals surface area contributed by atoms with Gasteiger partial charge in [0.2, 0.25) is 0 Å². The van der Waals surface area contributed by atoms with E-state index < -0.39 is 5.97 Å². The standard InChI is InChI=1S/C9H9N3O3/c13-5-4-7-10-8-3-1-2-6(9(14)15)12(8)11-7/h1-3,13H,4-5H2,(H,14,15). The Hall–Kier alpha value is -1.95. The van der Waals surface area contributed by atoms with Gasteiger partial charge in [-0.05, 0) is 12.1 Å². The van der Waals surface area contributed by atoms with Crippen molar-refractivity contribution in [2.45, 2.75) is 6.42 Å². The Morgan fingerprint density at radius 2 is 2.27 bits per heavy atom. The van der Waals surface area contributed by atoms with Gasteiger partial charge >= 0.3 is 5.97 Å². The van der Waals surface area contributed by atoms with E-state index >= 15 is 0 Å². The van der Waals surface area contributed by atoms with E-state index in [2.05, 4.69) is 10.1 Å². The fraction of sp³-hybridized carbons (Fsp3) is 0.222. The van der Waals surface area contributed by atoms with Crippen LogP contribution in [-0.2, 0) is 6.42 Å². The number of carbonyl (C=O) groups is 1. The first-order valence-electron chi connectivity index (χ1n) is 4.41. The normalized spacial score (nSPS) is 10.7. The van der Waals surface area contributed by atoms with Crippen molar-refractivity contribution in [3.05, 3.63) is 29.7 Å². The van der Waals surface area contributed by atoms with E-state index in [-0.39, 0.29) is 12.3 Å². The van der Waals surface area contributed by atoms with Gasteiger partial charge in [-0.15, -0.1) is 0 Å². The maximum Gasteiger partial charge on any atom is 0.354 e. The van der Waals surface area contributed by atoms with Crippen LogP contribution in [0.2, 0.25) is 0 Å². The Labute approximate surface area is 84.8 Å². The van der Waals surface area contributed by atoms with E-state index in [0.29, 0.717) is 17.9 Å². The molecule has 0 aromatic carbocycles. The maximum atomic E-state index is 10.8. The predicted octanol–water partition coefficient (Wildman–Crippen LogP) is -0.0377. The zero-order valence-corrected chi connectivity index (χ0v) is 7.79. The molecule has 0 spiro atoms. The first kappa shape index (κ1) is 9.60. The molecule has 0 atom stereocenters. The monoisotopic (exact) mass is 207 g/mol. The Bertz CT molecular complexity index is 506. The van der Waals surface area contributed by atoms with Crippen LogP contribution in [0.3, 0.4) is 0 Å². The van der Waals surface area contributed by atoms with Crippen molar-refractivity contribution in [2.24, 2.45) is 0 Å². The summed E-state index contributed by atoms with van der Waals surface area (Å²) in [5.41, 5.74) is 0.530. The molecule has 2 aromatic rings. The molecule has 0 aliphatic heterocycles. The Morgan fingerprint density at radius 1 is 1.47 bits per heavy atom. The fourth-order valence-electron chi connectivity index (χ4n) is 1.32. The molecule has 2 heterocycles. The highest BCUT2D eigenvalue weighted by Gasteiger charge is 2.11. The number of hydrogen-bond donors (Lipinski definition) is 2. The van der Waals surface area contributed by atoms with Crippen molar-refractivity contribution < 1.29 is 15.0 Å². The van der Waals surface area contributed by atoms with Crippen LogP contribution in [0.5, 0.6) is 0 Å². The minimum atomic E-state index is -1.05. The fourth-order valence-corrected chi connectivity index (χ4v) is 1.32. The topological polar surface area (TPSA) is 87.7 Å². The summed E-state index contributed by atoms with van der Waals surface area (Å²) in [6.07, 6.45) is 0.320. The third-order valence-electron chi connectivity index (χ3n) is 1.96. The highest BCUT2D eigenvalue weighted by atomic mass is 16.4. The molecule has 0 bridgehead atoms. The summed E-state index contributed by atoms with van der Waals surface area (Å²) in [6.45, 7) is -0.0563. The molecule has 0 unspecified atom stereocenters. The van der Waals surface area contributed by atoms with Crippen LogP contribution in [0.25, 0.3) is 5.65 Å². The molecule has 15 heavy (non-hydrogen) atoms.